The molecule has 0 spiro atoms. The van der Waals surface area contributed by atoms with E-state index < -0.39 is 5.91 Å². The molecule has 3 aromatic rings. The molecule has 0 fully saturated rings. The van der Waals surface area contributed by atoms with Gasteiger partial charge in [0.1, 0.15) is 23.6 Å². The molecule has 2 amide bonds. The van der Waals surface area contributed by atoms with Crippen LogP contribution in [-0.4, -0.2) is 37.8 Å². The minimum absolute atomic E-state index is 0.0861. The SMILES string of the molecule is C=CC[C@H]1COc2cc(C(N)=O)cc3nc(NC(=O)c4cc(CC)nn4CC)n1c23. The van der Waals surface area contributed by atoms with Gasteiger partial charge in [0, 0.05) is 12.1 Å². The van der Waals surface area contributed by atoms with Gasteiger partial charge in [0.15, 0.2) is 0 Å². The lowest BCUT2D eigenvalue weighted by atomic mass is 10.1. The number of amides is 2. The van der Waals surface area contributed by atoms with Crippen LogP contribution >= 0.6 is 0 Å². The van der Waals surface area contributed by atoms with Gasteiger partial charge < -0.3 is 10.5 Å². The second-order valence-corrected chi connectivity index (χ2v) is 7.15. The van der Waals surface area contributed by atoms with Gasteiger partial charge >= 0.3 is 0 Å². The summed E-state index contributed by atoms with van der Waals surface area (Å²) in [6.45, 7) is 8.69. The van der Waals surface area contributed by atoms with Gasteiger partial charge in [-0.3, -0.25) is 24.2 Å². The average molecular weight is 408 g/mol. The van der Waals surface area contributed by atoms with Crippen molar-refractivity contribution in [2.45, 2.75) is 39.3 Å². The number of hydrogen-bond donors (Lipinski definition) is 2. The molecule has 0 radical (unpaired) electrons. The molecule has 0 aliphatic carbocycles. The third kappa shape index (κ3) is 3.22. The van der Waals surface area contributed by atoms with Gasteiger partial charge in [0.25, 0.3) is 5.91 Å². The van der Waals surface area contributed by atoms with Gasteiger partial charge in [0.2, 0.25) is 11.9 Å². The van der Waals surface area contributed by atoms with Crippen LogP contribution in [0.5, 0.6) is 5.75 Å². The lowest BCUT2D eigenvalue weighted by Crippen LogP contribution is -2.26. The summed E-state index contributed by atoms with van der Waals surface area (Å²) in [5.41, 5.74) is 8.32. The zero-order chi connectivity index (χ0) is 21.4. The third-order valence-corrected chi connectivity index (χ3v) is 5.22. The monoisotopic (exact) mass is 408 g/mol. The van der Waals surface area contributed by atoms with Crippen LogP contribution in [-0.2, 0) is 13.0 Å². The summed E-state index contributed by atoms with van der Waals surface area (Å²) < 4.78 is 9.48. The Morgan fingerprint density at radius 2 is 2.17 bits per heavy atom. The first kappa shape index (κ1) is 19.7. The predicted octanol–water partition coefficient (Wildman–Crippen LogP) is 2.68. The molecule has 30 heavy (non-hydrogen) atoms. The fourth-order valence-electron chi connectivity index (χ4n) is 3.75. The maximum atomic E-state index is 13.1. The van der Waals surface area contributed by atoms with Crippen LogP contribution < -0.4 is 15.8 Å². The summed E-state index contributed by atoms with van der Waals surface area (Å²) in [5, 5.41) is 7.36. The number of primary amides is 1. The van der Waals surface area contributed by atoms with Crippen molar-refractivity contribution in [1.82, 2.24) is 19.3 Å². The Morgan fingerprint density at radius 1 is 1.37 bits per heavy atom. The molecular weight excluding hydrogens is 384 g/mol. The molecule has 3 heterocycles. The Morgan fingerprint density at radius 3 is 2.83 bits per heavy atom. The number of imidazole rings is 1. The van der Waals surface area contributed by atoms with Crippen LogP contribution in [0.2, 0.25) is 0 Å². The number of carbonyl (C=O) groups excluding carboxylic acids is 2. The van der Waals surface area contributed by atoms with Crippen molar-refractivity contribution in [3.05, 3.63) is 47.8 Å². The minimum atomic E-state index is -0.566. The molecule has 9 heteroatoms. The van der Waals surface area contributed by atoms with Crippen LogP contribution in [0, 0.1) is 0 Å². The average Bonchev–Trinajstić information content (AvgIpc) is 3.32. The maximum absolute atomic E-state index is 13.1. The van der Waals surface area contributed by atoms with E-state index in [4.69, 9.17) is 10.5 Å². The largest absolute Gasteiger partial charge is 0.489 e. The van der Waals surface area contributed by atoms with Crippen LogP contribution in [0.1, 0.15) is 52.9 Å². The molecule has 0 saturated heterocycles. The molecule has 0 unspecified atom stereocenters. The summed E-state index contributed by atoms with van der Waals surface area (Å²) >= 11 is 0. The van der Waals surface area contributed by atoms with E-state index in [1.165, 1.54) is 0 Å². The molecule has 2 aromatic heterocycles. The molecule has 156 valence electrons. The van der Waals surface area contributed by atoms with E-state index in [0.717, 1.165) is 12.1 Å². The van der Waals surface area contributed by atoms with Crippen LogP contribution in [0.25, 0.3) is 11.0 Å². The van der Waals surface area contributed by atoms with E-state index in [-0.39, 0.29) is 11.9 Å². The van der Waals surface area contributed by atoms with E-state index in [0.29, 0.717) is 53.6 Å². The highest BCUT2D eigenvalue weighted by Gasteiger charge is 2.29. The number of allylic oxidation sites excluding steroid dienone is 1. The third-order valence-electron chi connectivity index (χ3n) is 5.22. The van der Waals surface area contributed by atoms with Crippen molar-refractivity contribution in [3.8, 4) is 5.75 Å². The molecule has 1 aromatic carbocycles. The van der Waals surface area contributed by atoms with Crippen molar-refractivity contribution in [1.29, 1.82) is 0 Å². The number of rotatable bonds is 7. The normalized spacial score (nSPS) is 15.1. The number of carbonyl (C=O) groups is 2. The zero-order valence-electron chi connectivity index (χ0n) is 17.0. The van der Waals surface area contributed by atoms with Gasteiger partial charge in [-0.2, -0.15) is 5.10 Å². The van der Waals surface area contributed by atoms with Crippen LogP contribution in [0.15, 0.2) is 30.9 Å². The van der Waals surface area contributed by atoms with E-state index in [2.05, 4.69) is 22.0 Å². The molecular formula is C21H24N6O3. The standard InChI is InChI=1S/C21H24N6O3/c1-4-7-14-11-30-17-9-12(19(22)28)8-15-18(17)27(14)21(23-15)24-20(29)16-10-13(5-2)25-26(16)6-3/h4,8-10,14H,1,5-7,11H2,2-3H3,(H2,22,28)(H,23,24,29)/t14-/m0/s1. The number of nitrogens with zero attached hydrogens (tertiary/aromatic N) is 4. The quantitative estimate of drug-likeness (QED) is 0.583. The first-order chi connectivity index (χ1) is 14.5. The molecule has 1 aliphatic heterocycles. The Balaban J connectivity index is 1.81. The fraction of sp³-hybridized carbons (Fsp3) is 0.333. The number of hydrogen-bond acceptors (Lipinski definition) is 5. The first-order valence-electron chi connectivity index (χ1n) is 9.94. The van der Waals surface area contributed by atoms with Crippen molar-refractivity contribution in [2.75, 3.05) is 11.9 Å². The number of aryl methyl sites for hydroxylation is 2. The summed E-state index contributed by atoms with van der Waals surface area (Å²) in [5.74, 6) is 0.0385. The number of ether oxygens (including phenoxy) is 1. The van der Waals surface area contributed by atoms with Crippen LogP contribution in [0.3, 0.4) is 0 Å². The van der Waals surface area contributed by atoms with Gasteiger partial charge in [-0.05, 0) is 38.0 Å². The lowest BCUT2D eigenvalue weighted by molar-refractivity contribution is 0.0995. The van der Waals surface area contributed by atoms with Gasteiger partial charge in [0.05, 0.1) is 17.3 Å². The summed E-state index contributed by atoms with van der Waals surface area (Å²) in [4.78, 5) is 29.3. The van der Waals surface area contributed by atoms with E-state index >= 15 is 0 Å². The number of benzene rings is 1. The van der Waals surface area contributed by atoms with Crippen LogP contribution in [0.4, 0.5) is 5.95 Å². The highest BCUT2D eigenvalue weighted by molar-refractivity contribution is 6.04. The Hall–Kier alpha value is -3.62. The molecule has 1 aliphatic rings. The van der Waals surface area contributed by atoms with Crippen molar-refractivity contribution >= 4 is 28.8 Å². The molecule has 0 bridgehead atoms. The molecule has 4 rings (SSSR count). The smallest absolute Gasteiger partial charge is 0.276 e. The molecule has 3 N–H and O–H groups in total. The number of nitrogens with two attached hydrogens (primary N) is 1. The van der Waals surface area contributed by atoms with E-state index in [1.54, 1.807) is 29.0 Å². The van der Waals surface area contributed by atoms with Crippen molar-refractivity contribution in [3.63, 3.8) is 0 Å². The first-order valence-corrected chi connectivity index (χ1v) is 9.94. The highest BCUT2D eigenvalue weighted by atomic mass is 16.5. The highest BCUT2D eigenvalue weighted by Crippen LogP contribution is 2.38. The van der Waals surface area contributed by atoms with Gasteiger partial charge in [-0.25, -0.2) is 4.98 Å². The van der Waals surface area contributed by atoms with Gasteiger partial charge in [-0.1, -0.05) is 13.0 Å². The molecule has 0 saturated carbocycles. The van der Waals surface area contributed by atoms with Crippen molar-refractivity contribution < 1.29 is 14.3 Å². The molecule has 1 atom stereocenters. The van der Waals surface area contributed by atoms with Gasteiger partial charge in [-0.15, -0.1) is 6.58 Å². The van der Waals surface area contributed by atoms with Crippen molar-refractivity contribution in [2.24, 2.45) is 5.73 Å². The van der Waals surface area contributed by atoms with E-state index in [1.807, 2.05) is 18.4 Å². The second-order valence-electron chi connectivity index (χ2n) is 7.15. The molecule has 9 nitrogen and oxygen atoms in total. The summed E-state index contributed by atoms with van der Waals surface area (Å²) in [6.07, 6.45) is 3.18. The Bertz CT molecular complexity index is 1160. The lowest BCUT2D eigenvalue weighted by Gasteiger charge is -2.26. The van der Waals surface area contributed by atoms with E-state index in [9.17, 15) is 9.59 Å². The Labute approximate surface area is 173 Å². The maximum Gasteiger partial charge on any atom is 0.276 e. The Kier molecular flexibility index (Phi) is 5.03. The second kappa shape index (κ2) is 7.66. The predicted molar refractivity (Wildman–Crippen MR) is 113 cm³/mol. The minimum Gasteiger partial charge on any atom is -0.489 e. The number of anilines is 1. The number of nitrogens with one attached hydrogen (secondary N) is 1. The number of aromatic nitrogens is 4. The summed E-state index contributed by atoms with van der Waals surface area (Å²) in [7, 11) is 0. The zero-order valence-corrected chi connectivity index (χ0v) is 17.0. The fourth-order valence-corrected chi connectivity index (χ4v) is 3.75. The topological polar surface area (TPSA) is 117 Å². The summed E-state index contributed by atoms with van der Waals surface area (Å²) in [6, 6.07) is 4.92.